The Morgan fingerprint density at radius 2 is 1.93 bits per heavy atom. The van der Waals surface area contributed by atoms with Gasteiger partial charge in [-0.2, -0.15) is 0 Å². The SMILES string of the molecule is Nc1cncc(-c2cccc(N)n2)c1. The maximum Gasteiger partial charge on any atom is 0.124 e. The number of hydrogen-bond donors (Lipinski definition) is 2. The van der Waals surface area contributed by atoms with E-state index in [-0.39, 0.29) is 0 Å². The number of pyridine rings is 2. The molecule has 0 aromatic carbocycles. The van der Waals surface area contributed by atoms with Crippen molar-refractivity contribution in [3.8, 4) is 11.3 Å². The van der Waals surface area contributed by atoms with E-state index in [1.54, 1.807) is 18.5 Å². The molecule has 0 unspecified atom stereocenters. The van der Waals surface area contributed by atoms with Crippen LogP contribution in [0.5, 0.6) is 0 Å². The number of nitrogens with zero attached hydrogens (tertiary/aromatic N) is 2. The lowest BCUT2D eigenvalue weighted by molar-refractivity contribution is 1.28. The van der Waals surface area contributed by atoms with Crippen molar-refractivity contribution in [3.05, 3.63) is 36.7 Å². The van der Waals surface area contributed by atoms with Crippen LogP contribution in [0.3, 0.4) is 0 Å². The highest BCUT2D eigenvalue weighted by Crippen LogP contribution is 2.18. The van der Waals surface area contributed by atoms with Gasteiger partial charge < -0.3 is 11.5 Å². The second-order valence-electron chi connectivity index (χ2n) is 2.95. The summed E-state index contributed by atoms with van der Waals surface area (Å²) in [5.41, 5.74) is 13.5. The number of rotatable bonds is 1. The summed E-state index contributed by atoms with van der Waals surface area (Å²) in [6.45, 7) is 0. The number of anilines is 2. The topological polar surface area (TPSA) is 77.8 Å². The molecule has 2 aromatic rings. The number of nitrogen functional groups attached to an aromatic ring is 2. The first-order valence-electron chi connectivity index (χ1n) is 4.19. The summed E-state index contributed by atoms with van der Waals surface area (Å²) >= 11 is 0. The Kier molecular flexibility index (Phi) is 2.02. The van der Waals surface area contributed by atoms with E-state index in [2.05, 4.69) is 9.97 Å². The molecular formula is C10H10N4. The fourth-order valence-electron chi connectivity index (χ4n) is 1.21. The van der Waals surface area contributed by atoms with E-state index in [0.717, 1.165) is 11.3 Å². The van der Waals surface area contributed by atoms with Crippen molar-refractivity contribution in [1.82, 2.24) is 9.97 Å². The number of aromatic nitrogens is 2. The summed E-state index contributed by atoms with van der Waals surface area (Å²) in [4.78, 5) is 8.15. The molecule has 0 bridgehead atoms. The van der Waals surface area contributed by atoms with Crippen molar-refractivity contribution in [2.45, 2.75) is 0 Å². The molecule has 0 spiro atoms. The molecule has 14 heavy (non-hydrogen) atoms. The molecule has 0 atom stereocenters. The molecule has 4 N–H and O–H groups in total. The minimum Gasteiger partial charge on any atom is -0.397 e. The first-order valence-corrected chi connectivity index (χ1v) is 4.19. The molecule has 2 aromatic heterocycles. The van der Waals surface area contributed by atoms with E-state index in [9.17, 15) is 0 Å². The van der Waals surface area contributed by atoms with Gasteiger partial charge in [0.05, 0.1) is 11.4 Å². The summed E-state index contributed by atoms with van der Waals surface area (Å²) in [5, 5.41) is 0. The van der Waals surface area contributed by atoms with E-state index < -0.39 is 0 Å². The van der Waals surface area contributed by atoms with Gasteiger partial charge in [-0.05, 0) is 18.2 Å². The van der Waals surface area contributed by atoms with E-state index >= 15 is 0 Å². The van der Waals surface area contributed by atoms with Gasteiger partial charge in [0.1, 0.15) is 5.82 Å². The van der Waals surface area contributed by atoms with Gasteiger partial charge in [0.15, 0.2) is 0 Å². The maximum absolute atomic E-state index is 5.61. The molecule has 70 valence electrons. The van der Waals surface area contributed by atoms with Crippen LogP contribution in [0.15, 0.2) is 36.7 Å². The third-order valence-electron chi connectivity index (χ3n) is 1.83. The summed E-state index contributed by atoms with van der Waals surface area (Å²) in [5.74, 6) is 0.491. The van der Waals surface area contributed by atoms with Crippen LogP contribution in [0.1, 0.15) is 0 Å². The molecule has 0 saturated carbocycles. The highest BCUT2D eigenvalue weighted by Gasteiger charge is 1.99. The van der Waals surface area contributed by atoms with Crippen molar-refractivity contribution >= 4 is 11.5 Å². The van der Waals surface area contributed by atoms with Gasteiger partial charge in [0.25, 0.3) is 0 Å². The first-order chi connectivity index (χ1) is 6.75. The standard InChI is InChI=1S/C10H10N4/c11-8-4-7(5-13-6-8)9-2-1-3-10(12)14-9/h1-6H,11H2,(H2,12,14). The summed E-state index contributed by atoms with van der Waals surface area (Å²) in [6, 6.07) is 7.27. The molecule has 2 heterocycles. The Hall–Kier alpha value is -2.10. The predicted octanol–water partition coefficient (Wildman–Crippen LogP) is 1.31. The minimum absolute atomic E-state index is 0.491. The van der Waals surface area contributed by atoms with Gasteiger partial charge in [-0.25, -0.2) is 4.98 Å². The van der Waals surface area contributed by atoms with Crippen LogP contribution < -0.4 is 11.5 Å². The third kappa shape index (κ3) is 1.64. The van der Waals surface area contributed by atoms with E-state index in [0.29, 0.717) is 11.5 Å². The number of nitrogens with two attached hydrogens (primary N) is 2. The zero-order valence-electron chi connectivity index (χ0n) is 7.51. The van der Waals surface area contributed by atoms with Crippen LogP contribution in [0.25, 0.3) is 11.3 Å². The molecule has 4 heteroatoms. The van der Waals surface area contributed by atoms with Crippen LogP contribution in [0.4, 0.5) is 11.5 Å². The molecule has 0 amide bonds. The van der Waals surface area contributed by atoms with Crippen molar-refractivity contribution in [2.75, 3.05) is 11.5 Å². The van der Waals surface area contributed by atoms with Gasteiger partial charge >= 0.3 is 0 Å². The summed E-state index contributed by atoms with van der Waals surface area (Å²) in [6.07, 6.45) is 3.30. The Bertz CT molecular complexity index is 410. The molecule has 0 fully saturated rings. The smallest absolute Gasteiger partial charge is 0.124 e. The van der Waals surface area contributed by atoms with Crippen molar-refractivity contribution in [3.63, 3.8) is 0 Å². The zero-order valence-corrected chi connectivity index (χ0v) is 7.51. The summed E-state index contributed by atoms with van der Waals surface area (Å²) in [7, 11) is 0. The van der Waals surface area contributed by atoms with Gasteiger partial charge in [-0.3, -0.25) is 4.98 Å². The summed E-state index contributed by atoms with van der Waals surface area (Å²) < 4.78 is 0. The van der Waals surface area contributed by atoms with Gasteiger partial charge in [-0.1, -0.05) is 6.07 Å². The van der Waals surface area contributed by atoms with E-state index in [4.69, 9.17) is 11.5 Å². The van der Waals surface area contributed by atoms with Crippen LogP contribution in [-0.4, -0.2) is 9.97 Å². The van der Waals surface area contributed by atoms with Gasteiger partial charge in [0.2, 0.25) is 0 Å². The molecular weight excluding hydrogens is 176 g/mol. The van der Waals surface area contributed by atoms with E-state index in [1.165, 1.54) is 0 Å². The highest BCUT2D eigenvalue weighted by atomic mass is 14.8. The Morgan fingerprint density at radius 3 is 2.64 bits per heavy atom. The molecule has 0 aliphatic rings. The second-order valence-corrected chi connectivity index (χ2v) is 2.95. The molecule has 4 nitrogen and oxygen atoms in total. The lowest BCUT2D eigenvalue weighted by Gasteiger charge is -2.01. The largest absolute Gasteiger partial charge is 0.397 e. The second kappa shape index (κ2) is 3.33. The lowest BCUT2D eigenvalue weighted by Crippen LogP contribution is -1.93. The Balaban J connectivity index is 2.49. The van der Waals surface area contributed by atoms with Crippen LogP contribution >= 0.6 is 0 Å². The van der Waals surface area contributed by atoms with Crippen molar-refractivity contribution in [1.29, 1.82) is 0 Å². The predicted molar refractivity (Wildman–Crippen MR) is 56.3 cm³/mol. The normalized spacial score (nSPS) is 10.0. The van der Waals surface area contributed by atoms with Gasteiger partial charge in [-0.15, -0.1) is 0 Å². The van der Waals surface area contributed by atoms with Crippen LogP contribution in [0.2, 0.25) is 0 Å². The fourth-order valence-corrected chi connectivity index (χ4v) is 1.21. The highest BCUT2D eigenvalue weighted by molar-refractivity contribution is 5.63. The van der Waals surface area contributed by atoms with Crippen molar-refractivity contribution in [2.24, 2.45) is 0 Å². The quantitative estimate of drug-likeness (QED) is 0.703. The fraction of sp³-hybridized carbons (Fsp3) is 0. The van der Waals surface area contributed by atoms with Crippen LogP contribution in [-0.2, 0) is 0 Å². The Labute approximate surface area is 81.6 Å². The minimum atomic E-state index is 0.491. The first kappa shape index (κ1) is 8.50. The average Bonchev–Trinajstić information content (AvgIpc) is 2.18. The third-order valence-corrected chi connectivity index (χ3v) is 1.83. The molecule has 2 rings (SSSR count). The maximum atomic E-state index is 5.61. The van der Waals surface area contributed by atoms with E-state index in [1.807, 2.05) is 18.2 Å². The van der Waals surface area contributed by atoms with Gasteiger partial charge in [0, 0.05) is 18.0 Å². The Morgan fingerprint density at radius 1 is 1.07 bits per heavy atom. The average molecular weight is 186 g/mol. The number of hydrogen-bond acceptors (Lipinski definition) is 4. The van der Waals surface area contributed by atoms with Crippen LogP contribution in [0, 0.1) is 0 Å². The molecule has 0 saturated heterocycles. The lowest BCUT2D eigenvalue weighted by atomic mass is 10.2. The zero-order chi connectivity index (χ0) is 9.97. The monoisotopic (exact) mass is 186 g/mol. The molecule has 0 aliphatic heterocycles. The molecule has 0 radical (unpaired) electrons. The van der Waals surface area contributed by atoms with Crippen molar-refractivity contribution < 1.29 is 0 Å². The molecule has 0 aliphatic carbocycles.